The van der Waals surface area contributed by atoms with Crippen molar-refractivity contribution in [1.29, 1.82) is 0 Å². The quantitative estimate of drug-likeness (QED) is 0.456. The van der Waals surface area contributed by atoms with E-state index in [4.69, 9.17) is 4.74 Å². The standard InChI is InChI=1S/C20H23N3O3/c1-3-11-26-18-6-4-5-17(12-18)14-22-23-20(25)19(24)21-13-16-9-7-15(2)8-10-16/h4-10,12,14H,3,11,13H2,1-2H3,(H,21,24)(H,23,25)/b22-14-. The van der Waals surface area contributed by atoms with Gasteiger partial charge in [-0.25, -0.2) is 5.43 Å². The minimum Gasteiger partial charge on any atom is -0.494 e. The van der Waals surface area contributed by atoms with Gasteiger partial charge in [0.2, 0.25) is 0 Å². The Morgan fingerprint density at radius 3 is 2.62 bits per heavy atom. The number of hydrogen-bond acceptors (Lipinski definition) is 4. The number of carbonyl (C=O) groups excluding carboxylic acids is 2. The van der Waals surface area contributed by atoms with E-state index < -0.39 is 11.8 Å². The van der Waals surface area contributed by atoms with Crippen LogP contribution in [0.3, 0.4) is 0 Å². The Hall–Kier alpha value is -3.15. The highest BCUT2D eigenvalue weighted by Gasteiger charge is 2.11. The van der Waals surface area contributed by atoms with Crippen molar-refractivity contribution >= 4 is 18.0 Å². The van der Waals surface area contributed by atoms with Crippen LogP contribution < -0.4 is 15.5 Å². The molecule has 0 aliphatic carbocycles. The average Bonchev–Trinajstić information content (AvgIpc) is 2.66. The number of hydrogen-bond donors (Lipinski definition) is 2. The highest BCUT2D eigenvalue weighted by Crippen LogP contribution is 2.12. The molecular formula is C20H23N3O3. The maximum absolute atomic E-state index is 11.8. The number of rotatable bonds is 7. The number of benzene rings is 2. The van der Waals surface area contributed by atoms with Crippen molar-refractivity contribution in [3.63, 3.8) is 0 Å². The van der Waals surface area contributed by atoms with E-state index in [-0.39, 0.29) is 6.54 Å². The van der Waals surface area contributed by atoms with Crippen molar-refractivity contribution in [1.82, 2.24) is 10.7 Å². The van der Waals surface area contributed by atoms with E-state index in [0.717, 1.165) is 28.9 Å². The largest absolute Gasteiger partial charge is 0.494 e. The molecule has 0 heterocycles. The molecule has 2 N–H and O–H groups in total. The summed E-state index contributed by atoms with van der Waals surface area (Å²) in [6.45, 7) is 4.94. The normalized spacial score (nSPS) is 10.5. The third-order valence-electron chi connectivity index (χ3n) is 3.49. The number of carbonyl (C=O) groups is 2. The molecular weight excluding hydrogens is 330 g/mol. The Bertz CT molecular complexity index is 770. The number of amides is 2. The first-order valence-corrected chi connectivity index (χ1v) is 8.48. The molecule has 0 bridgehead atoms. The summed E-state index contributed by atoms with van der Waals surface area (Å²) in [4.78, 5) is 23.5. The van der Waals surface area contributed by atoms with Crippen LogP contribution in [0.1, 0.15) is 30.0 Å². The summed E-state index contributed by atoms with van der Waals surface area (Å²) in [5.74, 6) is -0.813. The molecule has 0 atom stereocenters. The van der Waals surface area contributed by atoms with Crippen LogP contribution in [0.15, 0.2) is 53.6 Å². The van der Waals surface area contributed by atoms with Crippen LogP contribution in [0.2, 0.25) is 0 Å². The first kappa shape index (κ1) is 19.2. The van der Waals surface area contributed by atoms with Crippen LogP contribution in [0.4, 0.5) is 0 Å². The Morgan fingerprint density at radius 2 is 1.88 bits per heavy atom. The van der Waals surface area contributed by atoms with Crippen LogP contribution in [0.5, 0.6) is 5.75 Å². The van der Waals surface area contributed by atoms with Crippen molar-refractivity contribution in [2.45, 2.75) is 26.8 Å². The molecule has 0 spiro atoms. The van der Waals surface area contributed by atoms with Crippen molar-refractivity contribution < 1.29 is 14.3 Å². The minimum absolute atomic E-state index is 0.285. The van der Waals surface area contributed by atoms with Gasteiger partial charge >= 0.3 is 11.8 Å². The summed E-state index contributed by atoms with van der Waals surface area (Å²) in [5.41, 5.74) is 5.04. The lowest BCUT2D eigenvalue weighted by atomic mass is 10.1. The first-order valence-electron chi connectivity index (χ1n) is 8.48. The predicted octanol–water partition coefficient (Wildman–Crippen LogP) is 2.55. The van der Waals surface area contributed by atoms with E-state index in [1.165, 1.54) is 6.21 Å². The number of nitrogens with zero attached hydrogens (tertiary/aromatic N) is 1. The second kappa shape index (κ2) is 9.98. The summed E-state index contributed by atoms with van der Waals surface area (Å²) in [6.07, 6.45) is 2.38. The van der Waals surface area contributed by atoms with Gasteiger partial charge in [0.25, 0.3) is 0 Å². The molecule has 0 unspecified atom stereocenters. The first-order chi connectivity index (χ1) is 12.6. The van der Waals surface area contributed by atoms with E-state index in [1.54, 1.807) is 0 Å². The maximum atomic E-state index is 11.8. The zero-order chi connectivity index (χ0) is 18.8. The Kier molecular flexibility index (Phi) is 7.36. The lowest BCUT2D eigenvalue weighted by Crippen LogP contribution is -2.37. The molecule has 26 heavy (non-hydrogen) atoms. The lowest BCUT2D eigenvalue weighted by molar-refractivity contribution is -0.139. The van der Waals surface area contributed by atoms with E-state index in [1.807, 2.05) is 62.4 Å². The van der Waals surface area contributed by atoms with Crippen LogP contribution in [0, 0.1) is 6.92 Å². The molecule has 2 aromatic carbocycles. The van der Waals surface area contributed by atoms with E-state index in [2.05, 4.69) is 15.8 Å². The molecule has 2 rings (SSSR count). The number of aryl methyl sites for hydroxylation is 1. The summed E-state index contributed by atoms with van der Waals surface area (Å²) in [5, 5.41) is 6.36. The summed E-state index contributed by atoms with van der Waals surface area (Å²) in [7, 11) is 0. The van der Waals surface area contributed by atoms with Gasteiger partial charge in [0, 0.05) is 6.54 Å². The minimum atomic E-state index is -0.813. The van der Waals surface area contributed by atoms with Gasteiger partial charge in [-0.05, 0) is 36.6 Å². The monoisotopic (exact) mass is 353 g/mol. The molecule has 0 aliphatic rings. The van der Waals surface area contributed by atoms with Crippen molar-refractivity contribution in [2.75, 3.05) is 6.61 Å². The lowest BCUT2D eigenvalue weighted by Gasteiger charge is -2.05. The fourth-order valence-corrected chi connectivity index (χ4v) is 2.09. The van der Waals surface area contributed by atoms with Gasteiger partial charge in [0.05, 0.1) is 12.8 Å². The van der Waals surface area contributed by atoms with Crippen LogP contribution in [-0.2, 0) is 16.1 Å². The molecule has 0 saturated carbocycles. The van der Waals surface area contributed by atoms with Crippen molar-refractivity contribution in [3.05, 3.63) is 65.2 Å². The molecule has 0 radical (unpaired) electrons. The van der Waals surface area contributed by atoms with Gasteiger partial charge in [-0.15, -0.1) is 0 Å². The molecule has 0 aliphatic heterocycles. The van der Waals surface area contributed by atoms with Gasteiger partial charge in [-0.3, -0.25) is 9.59 Å². The summed E-state index contributed by atoms with van der Waals surface area (Å²) >= 11 is 0. The second-order valence-corrected chi connectivity index (χ2v) is 5.79. The smallest absolute Gasteiger partial charge is 0.329 e. The van der Waals surface area contributed by atoms with Gasteiger partial charge in [0.1, 0.15) is 5.75 Å². The maximum Gasteiger partial charge on any atom is 0.329 e. The van der Waals surface area contributed by atoms with Crippen LogP contribution >= 0.6 is 0 Å². The second-order valence-electron chi connectivity index (χ2n) is 5.79. The molecule has 136 valence electrons. The van der Waals surface area contributed by atoms with Gasteiger partial charge in [0.15, 0.2) is 0 Å². The molecule has 0 saturated heterocycles. The van der Waals surface area contributed by atoms with Gasteiger partial charge in [-0.2, -0.15) is 5.10 Å². The third kappa shape index (κ3) is 6.39. The highest BCUT2D eigenvalue weighted by atomic mass is 16.5. The number of nitrogens with one attached hydrogen (secondary N) is 2. The fourth-order valence-electron chi connectivity index (χ4n) is 2.09. The highest BCUT2D eigenvalue weighted by molar-refractivity contribution is 6.35. The van der Waals surface area contributed by atoms with E-state index >= 15 is 0 Å². The molecule has 0 aromatic heterocycles. The topological polar surface area (TPSA) is 79.8 Å². The zero-order valence-corrected chi connectivity index (χ0v) is 15.0. The zero-order valence-electron chi connectivity index (χ0n) is 15.0. The Labute approximate surface area is 153 Å². The molecule has 6 heteroatoms. The Balaban J connectivity index is 1.80. The van der Waals surface area contributed by atoms with E-state index in [0.29, 0.717) is 6.61 Å². The third-order valence-corrected chi connectivity index (χ3v) is 3.49. The van der Waals surface area contributed by atoms with Gasteiger partial charge in [-0.1, -0.05) is 48.9 Å². The van der Waals surface area contributed by atoms with Gasteiger partial charge < -0.3 is 10.1 Å². The van der Waals surface area contributed by atoms with Crippen molar-refractivity contribution in [2.24, 2.45) is 5.10 Å². The Morgan fingerprint density at radius 1 is 1.12 bits per heavy atom. The van der Waals surface area contributed by atoms with Crippen molar-refractivity contribution in [3.8, 4) is 5.75 Å². The fraction of sp³-hybridized carbons (Fsp3) is 0.250. The summed E-state index contributed by atoms with van der Waals surface area (Å²) in [6, 6.07) is 15.0. The molecule has 2 amide bonds. The predicted molar refractivity (Wildman–Crippen MR) is 101 cm³/mol. The number of hydrazone groups is 1. The SMILES string of the molecule is CCCOc1cccc(/C=N\NC(=O)C(=O)NCc2ccc(C)cc2)c1. The molecule has 2 aromatic rings. The van der Waals surface area contributed by atoms with Crippen LogP contribution in [0.25, 0.3) is 0 Å². The average molecular weight is 353 g/mol. The molecule has 6 nitrogen and oxygen atoms in total. The summed E-state index contributed by atoms with van der Waals surface area (Å²) < 4.78 is 5.53. The van der Waals surface area contributed by atoms with Crippen LogP contribution in [-0.4, -0.2) is 24.6 Å². The molecule has 0 fully saturated rings. The van der Waals surface area contributed by atoms with E-state index in [9.17, 15) is 9.59 Å². The number of ether oxygens (including phenoxy) is 1.